The highest BCUT2D eigenvalue weighted by atomic mass is 16.5. The lowest BCUT2D eigenvalue weighted by molar-refractivity contribution is -0.137. The summed E-state index contributed by atoms with van der Waals surface area (Å²) in [5.41, 5.74) is 0.759. The van der Waals surface area contributed by atoms with Crippen LogP contribution in [0.1, 0.15) is 44.3 Å². The van der Waals surface area contributed by atoms with E-state index >= 15 is 0 Å². The molecule has 0 aliphatic heterocycles. The fourth-order valence-electron chi connectivity index (χ4n) is 2.15. The number of rotatable bonds is 10. The molecular formula is C16H25NO4. The first kappa shape index (κ1) is 17.5. The molecule has 0 aromatic heterocycles. The molecule has 118 valence electrons. The zero-order valence-corrected chi connectivity index (χ0v) is 12.7. The predicted octanol–water partition coefficient (Wildman–Crippen LogP) is 2.35. The van der Waals surface area contributed by atoms with Gasteiger partial charge in [-0.05, 0) is 37.1 Å². The average molecular weight is 295 g/mol. The molecule has 2 unspecified atom stereocenters. The molecule has 0 heterocycles. The van der Waals surface area contributed by atoms with E-state index in [1.54, 1.807) is 31.4 Å². The number of aliphatic hydroxyl groups is 1. The summed E-state index contributed by atoms with van der Waals surface area (Å²) in [4.78, 5) is 10.8. The van der Waals surface area contributed by atoms with E-state index in [-0.39, 0.29) is 12.5 Å². The Labute approximate surface area is 125 Å². The summed E-state index contributed by atoms with van der Waals surface area (Å²) in [7, 11) is 1.59. The van der Waals surface area contributed by atoms with Crippen LogP contribution in [0.15, 0.2) is 24.3 Å². The summed E-state index contributed by atoms with van der Waals surface area (Å²) < 4.78 is 5.09. The molecule has 0 saturated heterocycles. The molecule has 21 heavy (non-hydrogen) atoms. The number of carboxylic acid groups (broad SMARTS) is 1. The monoisotopic (exact) mass is 295 g/mol. The molecule has 0 aliphatic carbocycles. The van der Waals surface area contributed by atoms with Crippen LogP contribution in [0.2, 0.25) is 0 Å². The number of nitrogens with one attached hydrogen (secondary N) is 1. The van der Waals surface area contributed by atoms with E-state index in [0.717, 1.165) is 30.7 Å². The number of benzene rings is 1. The Morgan fingerprint density at radius 2 is 2.00 bits per heavy atom. The molecule has 0 amide bonds. The highest BCUT2D eigenvalue weighted by Gasteiger charge is 2.21. The Kier molecular flexibility index (Phi) is 7.79. The molecular weight excluding hydrogens is 270 g/mol. The quantitative estimate of drug-likeness (QED) is 0.577. The van der Waals surface area contributed by atoms with E-state index in [4.69, 9.17) is 9.84 Å². The van der Waals surface area contributed by atoms with Gasteiger partial charge in [-0.1, -0.05) is 25.5 Å². The minimum Gasteiger partial charge on any atom is -0.497 e. The molecule has 1 aromatic carbocycles. The van der Waals surface area contributed by atoms with Gasteiger partial charge in [0.05, 0.1) is 13.2 Å². The molecule has 3 N–H and O–H groups in total. The zero-order chi connectivity index (χ0) is 15.7. The number of carboxylic acids is 1. The van der Waals surface area contributed by atoms with E-state index < -0.39 is 12.1 Å². The number of methoxy groups -OCH3 is 1. The second-order valence-electron chi connectivity index (χ2n) is 5.06. The third kappa shape index (κ3) is 6.14. The van der Waals surface area contributed by atoms with Crippen molar-refractivity contribution in [3.63, 3.8) is 0 Å². The molecule has 0 radical (unpaired) electrons. The van der Waals surface area contributed by atoms with E-state index in [2.05, 4.69) is 12.2 Å². The Hall–Kier alpha value is -1.59. The normalized spacial score (nSPS) is 13.7. The van der Waals surface area contributed by atoms with Crippen molar-refractivity contribution in [2.24, 2.45) is 0 Å². The average Bonchev–Trinajstić information content (AvgIpc) is 2.50. The highest BCUT2D eigenvalue weighted by Crippen LogP contribution is 2.22. The lowest BCUT2D eigenvalue weighted by atomic mass is 9.98. The molecule has 5 nitrogen and oxygen atoms in total. The minimum atomic E-state index is -0.848. The topological polar surface area (TPSA) is 78.8 Å². The van der Waals surface area contributed by atoms with Crippen molar-refractivity contribution in [1.29, 1.82) is 0 Å². The van der Waals surface area contributed by atoms with Crippen molar-refractivity contribution in [1.82, 2.24) is 5.32 Å². The molecule has 2 atom stereocenters. The van der Waals surface area contributed by atoms with Crippen LogP contribution in [0.3, 0.4) is 0 Å². The fraction of sp³-hybridized carbons (Fsp3) is 0.562. The first-order valence-electron chi connectivity index (χ1n) is 7.35. The number of ether oxygens (including phenoxy) is 1. The maximum atomic E-state index is 10.8. The summed E-state index contributed by atoms with van der Waals surface area (Å²) in [6, 6.07) is 6.93. The predicted molar refractivity (Wildman–Crippen MR) is 81.5 cm³/mol. The Balaban J connectivity index is 2.70. The summed E-state index contributed by atoms with van der Waals surface area (Å²) in [5, 5.41) is 22.5. The van der Waals surface area contributed by atoms with E-state index in [1.165, 1.54) is 0 Å². The van der Waals surface area contributed by atoms with Gasteiger partial charge in [0.2, 0.25) is 0 Å². The van der Waals surface area contributed by atoms with Crippen molar-refractivity contribution >= 4 is 5.97 Å². The number of carbonyl (C=O) groups is 1. The lowest BCUT2D eigenvalue weighted by Crippen LogP contribution is -2.36. The number of hydrogen-bond acceptors (Lipinski definition) is 4. The van der Waals surface area contributed by atoms with Gasteiger partial charge < -0.3 is 20.3 Å². The molecule has 1 rings (SSSR count). The molecule has 0 spiro atoms. The standard InChI is InChI=1S/C16H25NO4/c1-3-4-11-17-14(9-10-15(18)19)16(20)12-5-7-13(21-2)8-6-12/h5-8,14,16-17,20H,3-4,9-11H2,1-2H3,(H,18,19). The van der Waals surface area contributed by atoms with E-state index in [9.17, 15) is 9.90 Å². The Morgan fingerprint density at radius 3 is 2.52 bits per heavy atom. The van der Waals surface area contributed by atoms with Gasteiger partial charge >= 0.3 is 5.97 Å². The molecule has 0 aliphatic rings. The summed E-state index contributed by atoms with van der Waals surface area (Å²) >= 11 is 0. The summed E-state index contributed by atoms with van der Waals surface area (Å²) in [5.74, 6) is -0.119. The van der Waals surface area contributed by atoms with E-state index in [1.807, 2.05) is 0 Å². The number of unbranched alkanes of at least 4 members (excludes halogenated alkanes) is 1. The number of hydrogen-bond donors (Lipinski definition) is 3. The maximum absolute atomic E-state index is 10.8. The summed E-state index contributed by atoms with van der Waals surface area (Å²) in [6.45, 7) is 2.86. The van der Waals surface area contributed by atoms with Gasteiger partial charge in [-0.3, -0.25) is 4.79 Å². The van der Waals surface area contributed by atoms with Crippen LogP contribution in [-0.4, -0.2) is 35.9 Å². The third-order valence-electron chi connectivity index (χ3n) is 3.44. The van der Waals surface area contributed by atoms with Gasteiger partial charge in [0.15, 0.2) is 0 Å². The van der Waals surface area contributed by atoms with Crippen LogP contribution in [0.25, 0.3) is 0 Å². The van der Waals surface area contributed by atoms with Crippen LogP contribution in [-0.2, 0) is 4.79 Å². The van der Waals surface area contributed by atoms with Crippen molar-refractivity contribution in [2.45, 2.75) is 44.8 Å². The lowest BCUT2D eigenvalue weighted by Gasteiger charge is -2.24. The first-order valence-corrected chi connectivity index (χ1v) is 7.35. The molecule has 1 aromatic rings. The van der Waals surface area contributed by atoms with Crippen LogP contribution >= 0.6 is 0 Å². The van der Waals surface area contributed by atoms with Gasteiger partial charge in [-0.15, -0.1) is 0 Å². The van der Waals surface area contributed by atoms with Crippen LogP contribution in [0, 0.1) is 0 Å². The first-order chi connectivity index (χ1) is 10.1. The van der Waals surface area contributed by atoms with Gasteiger partial charge in [0.1, 0.15) is 5.75 Å². The Bertz CT molecular complexity index is 419. The number of aliphatic carboxylic acids is 1. The van der Waals surface area contributed by atoms with Crippen LogP contribution in [0.4, 0.5) is 0 Å². The van der Waals surface area contributed by atoms with Crippen molar-refractivity contribution in [2.75, 3.05) is 13.7 Å². The van der Waals surface area contributed by atoms with Crippen molar-refractivity contribution in [3.8, 4) is 5.75 Å². The largest absolute Gasteiger partial charge is 0.497 e. The smallest absolute Gasteiger partial charge is 0.303 e. The molecule has 0 fully saturated rings. The molecule has 5 heteroatoms. The SMILES string of the molecule is CCCCNC(CCC(=O)O)C(O)c1ccc(OC)cc1. The Morgan fingerprint density at radius 1 is 1.33 bits per heavy atom. The van der Waals surface area contributed by atoms with Gasteiger partial charge in [0, 0.05) is 12.5 Å². The third-order valence-corrected chi connectivity index (χ3v) is 3.44. The van der Waals surface area contributed by atoms with Crippen molar-refractivity contribution in [3.05, 3.63) is 29.8 Å². The van der Waals surface area contributed by atoms with Crippen LogP contribution < -0.4 is 10.1 Å². The zero-order valence-electron chi connectivity index (χ0n) is 12.7. The maximum Gasteiger partial charge on any atom is 0.303 e. The minimum absolute atomic E-state index is 0.0387. The van der Waals surface area contributed by atoms with Crippen LogP contribution in [0.5, 0.6) is 5.75 Å². The number of aliphatic hydroxyl groups excluding tert-OH is 1. The fourth-order valence-corrected chi connectivity index (χ4v) is 2.15. The molecule has 0 bridgehead atoms. The highest BCUT2D eigenvalue weighted by molar-refractivity contribution is 5.66. The second-order valence-corrected chi connectivity index (χ2v) is 5.06. The van der Waals surface area contributed by atoms with Gasteiger partial charge in [0.25, 0.3) is 0 Å². The summed E-state index contributed by atoms with van der Waals surface area (Å²) in [6.07, 6.45) is 1.76. The molecule has 0 saturated carbocycles. The van der Waals surface area contributed by atoms with E-state index in [0.29, 0.717) is 6.42 Å². The van der Waals surface area contributed by atoms with Gasteiger partial charge in [-0.25, -0.2) is 0 Å². The second kappa shape index (κ2) is 9.37. The van der Waals surface area contributed by atoms with Gasteiger partial charge in [-0.2, -0.15) is 0 Å². The van der Waals surface area contributed by atoms with Crippen molar-refractivity contribution < 1.29 is 19.7 Å².